The van der Waals surface area contributed by atoms with Gasteiger partial charge in [-0.3, -0.25) is 0 Å². The molecule has 0 aromatic heterocycles. The number of para-hydroxylation sites is 2. The predicted molar refractivity (Wildman–Crippen MR) is 69.2 cm³/mol. The third kappa shape index (κ3) is 1.92. The zero-order valence-electron chi connectivity index (χ0n) is 9.01. The zero-order chi connectivity index (χ0) is 11.7. The number of hydrogen-bond acceptors (Lipinski definition) is 2. The number of nitrogens with zero attached hydrogens (tertiary/aromatic N) is 1. The van der Waals surface area contributed by atoms with Gasteiger partial charge in [0.15, 0.2) is 11.3 Å². The Bertz CT molecular complexity index is 565. The molecule has 17 heavy (non-hydrogen) atoms. The summed E-state index contributed by atoms with van der Waals surface area (Å²) < 4.78 is 5.87. The van der Waals surface area contributed by atoms with Crippen LogP contribution in [-0.2, 0) is 0 Å². The number of aliphatic imine (C=N–C) groups is 1. The van der Waals surface area contributed by atoms with Crippen molar-refractivity contribution in [3.8, 4) is 5.75 Å². The van der Waals surface area contributed by atoms with E-state index < -0.39 is 0 Å². The second kappa shape index (κ2) is 4.22. The van der Waals surface area contributed by atoms with Crippen LogP contribution >= 0.6 is 11.6 Å². The molecule has 1 aliphatic heterocycles. The van der Waals surface area contributed by atoms with Gasteiger partial charge in [0, 0.05) is 0 Å². The van der Waals surface area contributed by atoms with E-state index in [-0.39, 0.29) is 6.10 Å². The highest BCUT2D eigenvalue weighted by molar-refractivity contribution is 6.66. The monoisotopic (exact) mass is 243 g/mol. The van der Waals surface area contributed by atoms with Crippen molar-refractivity contribution in [2.75, 3.05) is 0 Å². The number of ether oxygens (including phenoxy) is 1. The average molecular weight is 244 g/mol. The first kappa shape index (κ1) is 10.4. The van der Waals surface area contributed by atoms with E-state index >= 15 is 0 Å². The van der Waals surface area contributed by atoms with Gasteiger partial charge in [-0.25, -0.2) is 4.99 Å². The van der Waals surface area contributed by atoms with E-state index in [0.29, 0.717) is 5.17 Å². The second-order valence-electron chi connectivity index (χ2n) is 3.81. The SMILES string of the molecule is ClC1=Nc2ccccc2OC1c1ccccc1. The third-order valence-corrected chi connectivity index (χ3v) is 2.94. The van der Waals surface area contributed by atoms with Crippen LogP contribution in [0.25, 0.3) is 0 Å². The van der Waals surface area contributed by atoms with E-state index in [1.54, 1.807) is 0 Å². The quantitative estimate of drug-likeness (QED) is 0.739. The third-order valence-electron chi connectivity index (χ3n) is 2.66. The molecule has 0 bridgehead atoms. The lowest BCUT2D eigenvalue weighted by Gasteiger charge is -2.23. The van der Waals surface area contributed by atoms with E-state index in [1.165, 1.54) is 0 Å². The molecular weight excluding hydrogens is 234 g/mol. The fraction of sp³-hybridized carbons (Fsp3) is 0.0714. The van der Waals surface area contributed by atoms with Gasteiger partial charge in [-0.15, -0.1) is 0 Å². The molecule has 1 heterocycles. The normalized spacial score (nSPS) is 17.9. The summed E-state index contributed by atoms with van der Waals surface area (Å²) in [5.74, 6) is 0.769. The van der Waals surface area contributed by atoms with Crippen LogP contribution in [0.5, 0.6) is 5.75 Å². The second-order valence-corrected chi connectivity index (χ2v) is 4.20. The standard InChI is InChI=1S/C14H10ClNO/c15-14-13(10-6-2-1-3-7-10)17-12-9-5-4-8-11(12)16-14/h1-9,13H. The van der Waals surface area contributed by atoms with Gasteiger partial charge in [-0.2, -0.15) is 0 Å². The molecule has 0 fully saturated rings. The van der Waals surface area contributed by atoms with Crippen LogP contribution in [0.1, 0.15) is 11.7 Å². The molecule has 2 aromatic rings. The molecule has 3 rings (SSSR count). The fourth-order valence-electron chi connectivity index (χ4n) is 1.83. The van der Waals surface area contributed by atoms with Gasteiger partial charge in [0.1, 0.15) is 11.4 Å². The molecule has 3 heteroatoms. The molecule has 1 unspecified atom stereocenters. The summed E-state index contributed by atoms with van der Waals surface area (Å²) in [4.78, 5) is 4.36. The number of fused-ring (bicyclic) bond motifs is 1. The molecule has 1 aliphatic rings. The summed E-state index contributed by atoms with van der Waals surface area (Å²) in [7, 11) is 0. The largest absolute Gasteiger partial charge is 0.476 e. The first-order chi connectivity index (χ1) is 8.34. The van der Waals surface area contributed by atoms with Gasteiger partial charge in [0.05, 0.1) is 0 Å². The summed E-state index contributed by atoms with van der Waals surface area (Å²) >= 11 is 6.17. The van der Waals surface area contributed by atoms with Crippen molar-refractivity contribution in [3.05, 3.63) is 60.2 Å². The Kier molecular flexibility index (Phi) is 2.57. The highest BCUT2D eigenvalue weighted by Crippen LogP contribution is 2.37. The van der Waals surface area contributed by atoms with Crippen LogP contribution in [-0.4, -0.2) is 5.17 Å². The van der Waals surface area contributed by atoms with E-state index in [2.05, 4.69) is 4.99 Å². The van der Waals surface area contributed by atoms with E-state index in [4.69, 9.17) is 16.3 Å². The van der Waals surface area contributed by atoms with Gasteiger partial charge in [0.25, 0.3) is 0 Å². The number of rotatable bonds is 1. The van der Waals surface area contributed by atoms with Crippen molar-refractivity contribution in [2.45, 2.75) is 6.10 Å². The summed E-state index contributed by atoms with van der Waals surface area (Å²) in [6, 6.07) is 17.5. The number of halogens is 1. The lowest BCUT2D eigenvalue weighted by atomic mass is 10.1. The maximum Gasteiger partial charge on any atom is 0.177 e. The summed E-state index contributed by atoms with van der Waals surface area (Å²) in [6.07, 6.45) is -0.298. The van der Waals surface area contributed by atoms with Crippen molar-refractivity contribution in [1.29, 1.82) is 0 Å². The van der Waals surface area contributed by atoms with Crippen LogP contribution in [0.2, 0.25) is 0 Å². The Morgan fingerprint density at radius 3 is 2.47 bits per heavy atom. The van der Waals surface area contributed by atoms with Gasteiger partial charge in [-0.1, -0.05) is 54.1 Å². The highest BCUT2D eigenvalue weighted by Gasteiger charge is 2.24. The van der Waals surface area contributed by atoms with E-state index in [1.807, 2.05) is 54.6 Å². The molecule has 1 atom stereocenters. The van der Waals surface area contributed by atoms with Crippen molar-refractivity contribution in [2.24, 2.45) is 4.99 Å². The minimum Gasteiger partial charge on any atom is -0.476 e. The Balaban J connectivity index is 2.02. The van der Waals surface area contributed by atoms with E-state index in [0.717, 1.165) is 17.0 Å². The van der Waals surface area contributed by atoms with Crippen molar-refractivity contribution < 1.29 is 4.74 Å². The zero-order valence-corrected chi connectivity index (χ0v) is 9.76. The fourth-order valence-corrected chi connectivity index (χ4v) is 2.09. The molecule has 2 nitrogen and oxygen atoms in total. The van der Waals surface area contributed by atoms with Crippen molar-refractivity contribution in [3.63, 3.8) is 0 Å². The lowest BCUT2D eigenvalue weighted by Crippen LogP contribution is -2.17. The minimum absolute atomic E-state index is 0.298. The lowest BCUT2D eigenvalue weighted by molar-refractivity contribution is 0.272. The highest BCUT2D eigenvalue weighted by atomic mass is 35.5. The summed E-state index contributed by atoms with van der Waals surface area (Å²) in [6.45, 7) is 0. The van der Waals surface area contributed by atoms with Crippen LogP contribution in [0.15, 0.2) is 59.6 Å². The first-order valence-electron chi connectivity index (χ1n) is 5.39. The van der Waals surface area contributed by atoms with Gasteiger partial charge in [0.2, 0.25) is 0 Å². The molecule has 0 radical (unpaired) electrons. The minimum atomic E-state index is -0.298. The number of hydrogen-bond donors (Lipinski definition) is 0. The average Bonchev–Trinajstić information content (AvgIpc) is 2.39. The molecule has 0 spiro atoms. The van der Waals surface area contributed by atoms with E-state index in [9.17, 15) is 0 Å². The van der Waals surface area contributed by atoms with Crippen LogP contribution in [0.3, 0.4) is 0 Å². The molecular formula is C14H10ClNO. The summed E-state index contributed by atoms with van der Waals surface area (Å²) in [5, 5.41) is 0.468. The summed E-state index contributed by atoms with van der Waals surface area (Å²) in [5.41, 5.74) is 1.79. The molecule has 0 saturated carbocycles. The maximum atomic E-state index is 6.17. The van der Waals surface area contributed by atoms with Crippen LogP contribution < -0.4 is 4.74 Å². The molecule has 0 saturated heterocycles. The molecule has 0 N–H and O–H groups in total. The predicted octanol–water partition coefficient (Wildman–Crippen LogP) is 4.09. The molecule has 84 valence electrons. The Morgan fingerprint density at radius 2 is 1.65 bits per heavy atom. The van der Waals surface area contributed by atoms with Gasteiger partial charge < -0.3 is 4.74 Å². The van der Waals surface area contributed by atoms with Gasteiger partial charge >= 0.3 is 0 Å². The van der Waals surface area contributed by atoms with Crippen molar-refractivity contribution >= 4 is 22.5 Å². The number of benzene rings is 2. The van der Waals surface area contributed by atoms with Gasteiger partial charge in [-0.05, 0) is 17.7 Å². The smallest absolute Gasteiger partial charge is 0.177 e. The molecule has 0 amide bonds. The maximum absolute atomic E-state index is 6.17. The topological polar surface area (TPSA) is 21.6 Å². The van der Waals surface area contributed by atoms with Crippen LogP contribution in [0, 0.1) is 0 Å². The Morgan fingerprint density at radius 1 is 0.941 bits per heavy atom. The molecule has 0 aliphatic carbocycles. The molecule has 2 aromatic carbocycles. The Hall–Kier alpha value is -1.80. The Labute approximate surface area is 105 Å². The van der Waals surface area contributed by atoms with Crippen molar-refractivity contribution in [1.82, 2.24) is 0 Å². The van der Waals surface area contributed by atoms with Crippen LogP contribution in [0.4, 0.5) is 5.69 Å². The first-order valence-corrected chi connectivity index (χ1v) is 5.77.